The number of nitrogens with zero attached hydrogens (tertiary/aromatic N) is 4. The van der Waals surface area contributed by atoms with Crippen molar-refractivity contribution >= 4 is 12.2 Å². The van der Waals surface area contributed by atoms with Crippen LogP contribution in [0.25, 0.3) is 0 Å². The first-order valence-corrected chi connectivity index (χ1v) is 4.42. The van der Waals surface area contributed by atoms with Crippen LogP contribution < -0.4 is 5.43 Å². The van der Waals surface area contributed by atoms with Gasteiger partial charge in [0.05, 0.1) is 11.9 Å². The van der Waals surface area contributed by atoms with Gasteiger partial charge in [-0.05, 0) is 18.2 Å². The molecule has 0 spiro atoms. The third kappa shape index (κ3) is 2.84. The number of nitrogens with one attached hydrogen (secondary N) is 1. The Hall–Kier alpha value is -2.30. The second-order valence-electron chi connectivity index (χ2n) is 2.70. The van der Waals surface area contributed by atoms with E-state index in [1.54, 1.807) is 30.9 Å². The summed E-state index contributed by atoms with van der Waals surface area (Å²) in [6.07, 6.45) is 6.61. The van der Waals surface area contributed by atoms with Crippen LogP contribution in [0.2, 0.25) is 0 Å². The summed E-state index contributed by atoms with van der Waals surface area (Å²) in [5.41, 5.74) is 3.48. The van der Waals surface area contributed by atoms with Crippen molar-refractivity contribution in [1.82, 2.24) is 15.0 Å². The van der Waals surface area contributed by atoms with E-state index in [4.69, 9.17) is 0 Å². The third-order valence-corrected chi connectivity index (χ3v) is 1.61. The van der Waals surface area contributed by atoms with Crippen molar-refractivity contribution in [2.24, 2.45) is 5.10 Å². The van der Waals surface area contributed by atoms with E-state index in [-0.39, 0.29) is 0 Å². The lowest BCUT2D eigenvalue weighted by molar-refractivity contribution is 1.12. The molecule has 74 valence electrons. The topological polar surface area (TPSA) is 63.1 Å². The zero-order chi connectivity index (χ0) is 10.3. The van der Waals surface area contributed by atoms with E-state index in [0.717, 1.165) is 5.69 Å². The van der Waals surface area contributed by atoms with Crippen LogP contribution in [0.5, 0.6) is 0 Å². The van der Waals surface area contributed by atoms with Gasteiger partial charge in [-0.1, -0.05) is 6.07 Å². The Labute approximate surface area is 86.9 Å². The molecule has 0 amide bonds. The summed E-state index contributed by atoms with van der Waals surface area (Å²) >= 11 is 0. The molecule has 2 aromatic rings. The van der Waals surface area contributed by atoms with Gasteiger partial charge in [-0.2, -0.15) is 5.10 Å². The molecule has 0 aliphatic heterocycles. The second-order valence-corrected chi connectivity index (χ2v) is 2.70. The van der Waals surface area contributed by atoms with E-state index in [1.165, 1.54) is 0 Å². The summed E-state index contributed by atoms with van der Waals surface area (Å²) in [6, 6.07) is 7.35. The maximum Gasteiger partial charge on any atom is 0.243 e. The van der Waals surface area contributed by atoms with Gasteiger partial charge in [0, 0.05) is 18.6 Å². The molecule has 2 aromatic heterocycles. The molecular weight excluding hydrogens is 190 g/mol. The van der Waals surface area contributed by atoms with Crippen LogP contribution in [-0.4, -0.2) is 21.2 Å². The molecule has 1 N–H and O–H groups in total. The van der Waals surface area contributed by atoms with Crippen LogP contribution in [0.15, 0.2) is 48.0 Å². The number of hydrogen-bond donors (Lipinski definition) is 1. The molecule has 5 nitrogen and oxygen atoms in total. The van der Waals surface area contributed by atoms with Crippen molar-refractivity contribution in [2.45, 2.75) is 0 Å². The van der Waals surface area contributed by atoms with Crippen LogP contribution in [0.4, 0.5) is 5.95 Å². The lowest BCUT2D eigenvalue weighted by atomic mass is 10.4. The summed E-state index contributed by atoms with van der Waals surface area (Å²) in [7, 11) is 0. The molecule has 2 heterocycles. The van der Waals surface area contributed by atoms with E-state index >= 15 is 0 Å². The Bertz CT molecular complexity index is 426. The molecule has 0 aliphatic carbocycles. The zero-order valence-corrected chi connectivity index (χ0v) is 7.91. The molecule has 15 heavy (non-hydrogen) atoms. The molecule has 0 fully saturated rings. The molecule has 0 unspecified atom stereocenters. The number of hydrazone groups is 1. The highest BCUT2D eigenvalue weighted by Gasteiger charge is 1.88. The van der Waals surface area contributed by atoms with Gasteiger partial charge in [0.15, 0.2) is 0 Å². The van der Waals surface area contributed by atoms with Gasteiger partial charge in [0.1, 0.15) is 0 Å². The Kier molecular flexibility index (Phi) is 2.97. The fourth-order valence-electron chi connectivity index (χ4n) is 0.965. The fourth-order valence-corrected chi connectivity index (χ4v) is 0.965. The zero-order valence-electron chi connectivity index (χ0n) is 7.91. The Morgan fingerprint density at radius 1 is 1.00 bits per heavy atom. The van der Waals surface area contributed by atoms with Crippen molar-refractivity contribution < 1.29 is 0 Å². The minimum atomic E-state index is 0.463. The summed E-state index contributed by atoms with van der Waals surface area (Å²) in [6.45, 7) is 0. The van der Waals surface area contributed by atoms with Gasteiger partial charge >= 0.3 is 0 Å². The highest BCUT2D eigenvalue weighted by molar-refractivity contribution is 5.77. The van der Waals surface area contributed by atoms with E-state index in [1.807, 2.05) is 18.2 Å². The first-order chi connectivity index (χ1) is 7.45. The third-order valence-electron chi connectivity index (χ3n) is 1.61. The minimum absolute atomic E-state index is 0.463. The Morgan fingerprint density at radius 3 is 2.53 bits per heavy atom. The highest BCUT2D eigenvalue weighted by atomic mass is 15.3. The molecule has 0 saturated heterocycles. The van der Waals surface area contributed by atoms with E-state index in [0.29, 0.717) is 5.95 Å². The van der Waals surface area contributed by atoms with Gasteiger partial charge in [0.2, 0.25) is 5.95 Å². The summed E-state index contributed by atoms with van der Waals surface area (Å²) in [4.78, 5) is 12.0. The first kappa shape index (κ1) is 9.26. The molecule has 0 atom stereocenters. The van der Waals surface area contributed by atoms with Crippen LogP contribution in [-0.2, 0) is 0 Å². The number of hydrogen-bond acceptors (Lipinski definition) is 5. The van der Waals surface area contributed by atoms with Gasteiger partial charge in [-0.15, -0.1) is 0 Å². The van der Waals surface area contributed by atoms with Gasteiger partial charge in [-0.3, -0.25) is 4.98 Å². The maximum absolute atomic E-state index is 4.08. The number of aromatic nitrogens is 3. The molecule has 5 heteroatoms. The van der Waals surface area contributed by atoms with E-state index in [2.05, 4.69) is 25.5 Å². The van der Waals surface area contributed by atoms with Gasteiger partial charge in [-0.25, -0.2) is 15.4 Å². The van der Waals surface area contributed by atoms with Crippen molar-refractivity contribution in [3.63, 3.8) is 0 Å². The number of rotatable bonds is 3. The highest BCUT2D eigenvalue weighted by Crippen LogP contribution is 1.93. The van der Waals surface area contributed by atoms with Crippen LogP contribution in [0.3, 0.4) is 0 Å². The predicted molar refractivity (Wildman–Crippen MR) is 57.5 cm³/mol. The molecule has 0 aliphatic rings. The lowest BCUT2D eigenvalue weighted by Gasteiger charge is -1.95. The predicted octanol–water partition coefficient (Wildman–Crippen LogP) is 1.32. The largest absolute Gasteiger partial charge is 0.255 e. The minimum Gasteiger partial charge on any atom is -0.255 e. The van der Waals surface area contributed by atoms with Crippen LogP contribution in [0.1, 0.15) is 5.69 Å². The average molecular weight is 199 g/mol. The summed E-state index contributed by atoms with van der Waals surface area (Å²) in [5.74, 6) is 0.463. The second kappa shape index (κ2) is 4.80. The van der Waals surface area contributed by atoms with E-state index < -0.39 is 0 Å². The monoisotopic (exact) mass is 199 g/mol. The smallest absolute Gasteiger partial charge is 0.243 e. The van der Waals surface area contributed by atoms with Crippen molar-refractivity contribution in [2.75, 3.05) is 5.43 Å². The lowest BCUT2D eigenvalue weighted by Crippen LogP contribution is -1.95. The summed E-state index contributed by atoms with van der Waals surface area (Å²) in [5, 5.41) is 3.95. The number of pyridine rings is 1. The summed E-state index contributed by atoms with van der Waals surface area (Å²) < 4.78 is 0. The van der Waals surface area contributed by atoms with Crippen molar-refractivity contribution in [3.8, 4) is 0 Å². The average Bonchev–Trinajstić information content (AvgIpc) is 2.32. The van der Waals surface area contributed by atoms with Crippen molar-refractivity contribution in [1.29, 1.82) is 0 Å². The van der Waals surface area contributed by atoms with Gasteiger partial charge in [0.25, 0.3) is 0 Å². The Morgan fingerprint density at radius 2 is 1.80 bits per heavy atom. The SMILES string of the molecule is C(=NNc1ncccn1)c1ccccn1. The molecule has 2 rings (SSSR count). The molecule has 0 saturated carbocycles. The van der Waals surface area contributed by atoms with Crippen molar-refractivity contribution in [3.05, 3.63) is 48.5 Å². The van der Waals surface area contributed by atoms with Gasteiger partial charge < -0.3 is 0 Å². The Balaban J connectivity index is 1.97. The molecular formula is C10H9N5. The number of anilines is 1. The van der Waals surface area contributed by atoms with Crippen LogP contribution in [0, 0.1) is 0 Å². The molecule has 0 aromatic carbocycles. The molecule has 0 radical (unpaired) electrons. The molecule has 0 bridgehead atoms. The fraction of sp³-hybridized carbons (Fsp3) is 0. The standard InChI is InChI=1S/C10H9N5/c1-2-5-11-9(4-1)8-14-15-10-12-6-3-7-13-10/h1-8H,(H,12,13,15). The normalized spacial score (nSPS) is 10.4. The quantitative estimate of drug-likeness (QED) is 0.598. The van der Waals surface area contributed by atoms with E-state index in [9.17, 15) is 0 Å². The maximum atomic E-state index is 4.08. The first-order valence-electron chi connectivity index (χ1n) is 4.42. The van der Waals surface area contributed by atoms with Crippen LogP contribution >= 0.6 is 0 Å².